The van der Waals surface area contributed by atoms with E-state index in [4.69, 9.17) is 0 Å². The number of halogens is 3. The van der Waals surface area contributed by atoms with E-state index in [-0.39, 0.29) is 16.9 Å². The molecular formula is C9H7Br2FO. The van der Waals surface area contributed by atoms with E-state index in [0.29, 0.717) is 15.6 Å². The van der Waals surface area contributed by atoms with Crippen LogP contribution in [0.5, 0.6) is 0 Å². The monoisotopic (exact) mass is 308 g/mol. The summed E-state index contributed by atoms with van der Waals surface area (Å²) in [5.74, 6) is -0.368. The van der Waals surface area contributed by atoms with Gasteiger partial charge >= 0.3 is 0 Å². The number of ketones is 1. The Kier molecular flexibility index (Phi) is 3.62. The van der Waals surface area contributed by atoms with Gasteiger partial charge in [-0.3, -0.25) is 4.79 Å². The minimum Gasteiger partial charge on any atom is -0.293 e. The molecule has 0 fully saturated rings. The van der Waals surface area contributed by atoms with Gasteiger partial charge in [-0.2, -0.15) is 0 Å². The van der Waals surface area contributed by atoms with Crippen molar-refractivity contribution >= 4 is 37.6 Å². The Labute approximate surface area is 92.6 Å². The molecule has 13 heavy (non-hydrogen) atoms. The van der Waals surface area contributed by atoms with Crippen LogP contribution < -0.4 is 0 Å². The van der Waals surface area contributed by atoms with Gasteiger partial charge in [0.15, 0.2) is 5.78 Å². The Morgan fingerprint density at radius 1 is 1.54 bits per heavy atom. The molecule has 70 valence electrons. The van der Waals surface area contributed by atoms with Crippen LogP contribution in [0.25, 0.3) is 0 Å². The molecule has 0 atom stereocenters. The zero-order chi connectivity index (χ0) is 10.0. The molecule has 1 aromatic rings. The predicted molar refractivity (Wildman–Crippen MR) is 57.0 cm³/mol. The van der Waals surface area contributed by atoms with Gasteiger partial charge in [0.1, 0.15) is 5.82 Å². The summed E-state index contributed by atoms with van der Waals surface area (Å²) in [6.45, 7) is 1.63. The number of alkyl halides is 1. The first-order valence-electron chi connectivity index (χ1n) is 3.61. The molecule has 4 heteroatoms. The number of carbonyl (C=O) groups is 1. The average Bonchev–Trinajstić information content (AvgIpc) is 2.13. The van der Waals surface area contributed by atoms with Crippen LogP contribution >= 0.6 is 31.9 Å². The van der Waals surface area contributed by atoms with E-state index in [0.717, 1.165) is 0 Å². The van der Waals surface area contributed by atoms with Gasteiger partial charge in [-0.15, -0.1) is 0 Å². The molecule has 0 saturated heterocycles. The molecule has 0 heterocycles. The van der Waals surface area contributed by atoms with Crippen molar-refractivity contribution in [1.29, 1.82) is 0 Å². The first-order valence-corrected chi connectivity index (χ1v) is 5.53. The predicted octanol–water partition coefficient (Wildman–Crippen LogP) is 3.47. The highest BCUT2D eigenvalue weighted by molar-refractivity contribution is 9.10. The fourth-order valence-corrected chi connectivity index (χ4v) is 1.79. The van der Waals surface area contributed by atoms with Crippen molar-refractivity contribution in [3.63, 3.8) is 0 Å². The third-order valence-electron chi connectivity index (χ3n) is 1.74. The molecule has 0 bridgehead atoms. The second-order valence-corrected chi connectivity index (χ2v) is 3.94. The summed E-state index contributed by atoms with van der Waals surface area (Å²) in [7, 11) is 0. The highest BCUT2D eigenvalue weighted by Crippen LogP contribution is 2.24. The molecule has 0 N–H and O–H groups in total. The van der Waals surface area contributed by atoms with E-state index in [2.05, 4.69) is 31.9 Å². The molecule has 0 amide bonds. The summed E-state index contributed by atoms with van der Waals surface area (Å²) in [6.07, 6.45) is 0. The molecule has 0 aliphatic heterocycles. The number of Topliss-reactive ketones (excluding diaryl/α,β-unsaturated/α-hetero) is 1. The van der Waals surface area contributed by atoms with Crippen LogP contribution in [-0.4, -0.2) is 11.1 Å². The Hall–Kier alpha value is -0.220. The minimum atomic E-state index is -0.307. The number of carbonyl (C=O) groups excluding carboxylic acids is 1. The molecule has 0 aromatic heterocycles. The fourth-order valence-electron chi connectivity index (χ4n) is 0.949. The highest BCUT2D eigenvalue weighted by Gasteiger charge is 2.12. The summed E-state index contributed by atoms with van der Waals surface area (Å²) in [6, 6.07) is 2.78. The second-order valence-electron chi connectivity index (χ2n) is 2.59. The highest BCUT2D eigenvalue weighted by atomic mass is 79.9. The van der Waals surface area contributed by atoms with Crippen molar-refractivity contribution in [2.45, 2.75) is 6.92 Å². The molecule has 0 spiro atoms. The summed E-state index contributed by atoms with van der Waals surface area (Å²) < 4.78 is 13.5. The smallest absolute Gasteiger partial charge is 0.174 e. The maximum absolute atomic E-state index is 13.0. The van der Waals surface area contributed by atoms with Crippen molar-refractivity contribution in [3.05, 3.63) is 33.5 Å². The van der Waals surface area contributed by atoms with E-state index in [9.17, 15) is 9.18 Å². The van der Waals surface area contributed by atoms with Gasteiger partial charge in [0.25, 0.3) is 0 Å². The molecular weight excluding hydrogens is 303 g/mol. The van der Waals surface area contributed by atoms with Gasteiger partial charge in [-0.25, -0.2) is 4.39 Å². The zero-order valence-corrected chi connectivity index (χ0v) is 10.1. The first kappa shape index (κ1) is 10.9. The summed E-state index contributed by atoms with van der Waals surface area (Å²) >= 11 is 6.26. The number of rotatable bonds is 2. The lowest BCUT2D eigenvalue weighted by Crippen LogP contribution is -2.02. The Morgan fingerprint density at radius 3 is 2.69 bits per heavy atom. The maximum Gasteiger partial charge on any atom is 0.174 e. The molecule has 0 aliphatic carbocycles. The normalized spacial score (nSPS) is 10.2. The van der Waals surface area contributed by atoms with Gasteiger partial charge in [0.2, 0.25) is 0 Å². The van der Waals surface area contributed by atoms with Gasteiger partial charge in [-0.05, 0) is 40.5 Å². The van der Waals surface area contributed by atoms with Gasteiger partial charge in [0, 0.05) is 10.0 Å². The Balaban J connectivity index is 3.26. The molecule has 0 unspecified atom stereocenters. The maximum atomic E-state index is 13.0. The van der Waals surface area contributed by atoms with Crippen LogP contribution in [-0.2, 0) is 0 Å². The third-order valence-corrected chi connectivity index (χ3v) is 3.27. The Morgan fingerprint density at radius 2 is 2.15 bits per heavy atom. The van der Waals surface area contributed by atoms with Crippen molar-refractivity contribution in [1.82, 2.24) is 0 Å². The minimum absolute atomic E-state index is 0.0602. The number of hydrogen-bond donors (Lipinski definition) is 0. The zero-order valence-electron chi connectivity index (χ0n) is 6.90. The largest absolute Gasteiger partial charge is 0.293 e. The van der Waals surface area contributed by atoms with Crippen molar-refractivity contribution in [3.8, 4) is 0 Å². The van der Waals surface area contributed by atoms with Crippen LogP contribution in [0.4, 0.5) is 4.39 Å². The first-order chi connectivity index (χ1) is 6.07. The van der Waals surface area contributed by atoms with Crippen molar-refractivity contribution < 1.29 is 9.18 Å². The lowest BCUT2D eigenvalue weighted by molar-refractivity contribution is 0.102. The number of hydrogen-bond acceptors (Lipinski definition) is 1. The second kappa shape index (κ2) is 4.33. The third kappa shape index (κ3) is 2.17. The van der Waals surface area contributed by atoms with Crippen LogP contribution in [0.2, 0.25) is 0 Å². The molecule has 1 nitrogen and oxygen atoms in total. The van der Waals surface area contributed by atoms with Crippen molar-refractivity contribution in [2.75, 3.05) is 5.33 Å². The summed E-state index contributed by atoms with van der Waals surface area (Å²) in [4.78, 5) is 11.3. The van der Waals surface area contributed by atoms with Crippen LogP contribution in [0.15, 0.2) is 16.6 Å². The fraction of sp³-hybridized carbons (Fsp3) is 0.222. The molecule has 1 rings (SSSR count). The molecule has 0 radical (unpaired) electrons. The van der Waals surface area contributed by atoms with Gasteiger partial charge in [-0.1, -0.05) is 15.9 Å². The van der Waals surface area contributed by atoms with E-state index in [1.807, 2.05) is 0 Å². The van der Waals surface area contributed by atoms with E-state index < -0.39 is 0 Å². The van der Waals surface area contributed by atoms with Gasteiger partial charge < -0.3 is 0 Å². The molecule has 0 aliphatic rings. The van der Waals surface area contributed by atoms with Crippen LogP contribution in [0, 0.1) is 12.7 Å². The van der Waals surface area contributed by atoms with Gasteiger partial charge in [0.05, 0.1) is 5.33 Å². The molecule has 1 aromatic carbocycles. The topological polar surface area (TPSA) is 17.1 Å². The Bertz CT molecular complexity index is 350. The van der Waals surface area contributed by atoms with E-state index >= 15 is 0 Å². The SMILES string of the molecule is Cc1c(F)ccc(C(=O)CBr)c1Br. The van der Waals surface area contributed by atoms with Crippen molar-refractivity contribution in [2.24, 2.45) is 0 Å². The van der Waals surface area contributed by atoms with E-state index in [1.165, 1.54) is 12.1 Å². The standard InChI is InChI=1S/C9H7Br2FO/c1-5-7(12)3-2-6(9(5)11)8(13)4-10/h2-3H,4H2,1H3. The quantitative estimate of drug-likeness (QED) is 0.604. The van der Waals surface area contributed by atoms with Crippen LogP contribution in [0.3, 0.4) is 0 Å². The van der Waals surface area contributed by atoms with E-state index in [1.54, 1.807) is 6.92 Å². The summed E-state index contributed by atoms with van der Waals surface area (Å²) in [5, 5.41) is 0.247. The molecule has 0 saturated carbocycles. The summed E-state index contributed by atoms with van der Waals surface area (Å²) in [5.41, 5.74) is 0.975. The van der Waals surface area contributed by atoms with Crippen LogP contribution in [0.1, 0.15) is 15.9 Å². The lowest BCUT2D eigenvalue weighted by Gasteiger charge is -2.05. The lowest BCUT2D eigenvalue weighted by atomic mass is 10.1. The number of benzene rings is 1. The average molecular weight is 310 g/mol.